The third-order valence-electron chi connectivity index (χ3n) is 2.19. The molecular formula is C12H12ClNO2S. The number of benzene rings is 1. The Balaban J connectivity index is 2.80. The molecule has 0 spiro atoms. The maximum Gasteiger partial charge on any atom is 0.147 e. The summed E-state index contributed by atoms with van der Waals surface area (Å²) in [6.45, 7) is 2.70. The molecule has 1 rings (SSSR count). The molecule has 0 bridgehead atoms. The molecule has 0 amide bonds. The van der Waals surface area contributed by atoms with Crippen molar-refractivity contribution in [3.8, 4) is 0 Å². The van der Waals surface area contributed by atoms with Crippen molar-refractivity contribution < 1.29 is 9.59 Å². The third-order valence-corrected chi connectivity index (χ3v) is 2.78. The maximum atomic E-state index is 11.3. The van der Waals surface area contributed by atoms with Crippen LogP contribution in [0.1, 0.15) is 13.8 Å². The molecule has 1 N–H and O–H groups in total. The number of ketones is 2. The van der Waals surface area contributed by atoms with Crippen LogP contribution in [0.2, 0.25) is 5.02 Å². The number of hydrogen-bond donors (Lipinski definition) is 1. The highest BCUT2D eigenvalue weighted by Gasteiger charge is 2.24. The average Bonchev–Trinajstić information content (AvgIpc) is 2.20. The smallest absolute Gasteiger partial charge is 0.147 e. The standard InChI is InChI=1S/C12H12ClNO2S/c1-7(15)11(8(2)16)12(17)14-10-5-3-9(13)4-6-10/h3-6,11H,1-2H3,(H,14,17). The summed E-state index contributed by atoms with van der Waals surface area (Å²) in [5, 5.41) is 3.47. The Morgan fingerprint density at radius 2 is 1.65 bits per heavy atom. The van der Waals surface area contributed by atoms with E-state index in [2.05, 4.69) is 5.32 Å². The molecule has 1 aromatic rings. The number of rotatable bonds is 4. The first kappa shape index (κ1) is 13.8. The van der Waals surface area contributed by atoms with Crippen molar-refractivity contribution >= 4 is 46.1 Å². The number of hydrogen-bond acceptors (Lipinski definition) is 3. The van der Waals surface area contributed by atoms with E-state index in [9.17, 15) is 9.59 Å². The first-order valence-electron chi connectivity index (χ1n) is 4.99. The minimum absolute atomic E-state index is 0.215. The van der Waals surface area contributed by atoms with E-state index in [4.69, 9.17) is 23.8 Å². The molecule has 3 nitrogen and oxygen atoms in total. The predicted octanol–water partition coefficient (Wildman–Crippen LogP) is 2.87. The lowest BCUT2D eigenvalue weighted by Crippen LogP contribution is -2.32. The lowest BCUT2D eigenvalue weighted by Gasteiger charge is -2.14. The topological polar surface area (TPSA) is 46.2 Å². The minimum Gasteiger partial charge on any atom is -0.349 e. The van der Waals surface area contributed by atoms with Gasteiger partial charge in [0.05, 0.1) is 4.99 Å². The Morgan fingerprint density at radius 1 is 1.18 bits per heavy atom. The molecule has 0 aliphatic carbocycles. The molecule has 0 saturated carbocycles. The van der Waals surface area contributed by atoms with Crippen molar-refractivity contribution in [3.63, 3.8) is 0 Å². The van der Waals surface area contributed by atoms with Crippen LogP contribution in [0.4, 0.5) is 5.69 Å². The van der Waals surface area contributed by atoms with Crippen LogP contribution in [0.5, 0.6) is 0 Å². The van der Waals surface area contributed by atoms with Crippen molar-refractivity contribution in [1.29, 1.82) is 0 Å². The molecule has 0 fully saturated rings. The molecular weight excluding hydrogens is 258 g/mol. The molecule has 0 atom stereocenters. The number of Topliss-reactive ketones (excluding diaryl/α,β-unsaturated/α-hetero) is 2. The van der Waals surface area contributed by atoms with Gasteiger partial charge in [-0.25, -0.2) is 0 Å². The van der Waals surface area contributed by atoms with E-state index in [0.717, 1.165) is 0 Å². The zero-order chi connectivity index (χ0) is 13.0. The van der Waals surface area contributed by atoms with Crippen LogP contribution in [0.25, 0.3) is 0 Å². The monoisotopic (exact) mass is 269 g/mol. The van der Waals surface area contributed by atoms with E-state index in [1.54, 1.807) is 24.3 Å². The lowest BCUT2D eigenvalue weighted by atomic mass is 10.0. The number of carbonyl (C=O) groups is 2. The Labute approximate surface area is 110 Å². The van der Waals surface area contributed by atoms with Gasteiger partial charge in [0.2, 0.25) is 0 Å². The number of anilines is 1. The van der Waals surface area contributed by atoms with E-state index in [0.29, 0.717) is 10.7 Å². The fraction of sp³-hybridized carbons (Fsp3) is 0.250. The number of halogens is 1. The van der Waals surface area contributed by atoms with Crippen molar-refractivity contribution in [2.75, 3.05) is 5.32 Å². The molecule has 0 aromatic heterocycles. The summed E-state index contributed by atoms with van der Waals surface area (Å²) in [6.07, 6.45) is 0. The summed E-state index contributed by atoms with van der Waals surface area (Å²) < 4.78 is 0. The molecule has 5 heteroatoms. The van der Waals surface area contributed by atoms with Gasteiger partial charge in [0.25, 0.3) is 0 Å². The van der Waals surface area contributed by atoms with E-state index in [1.165, 1.54) is 13.8 Å². The largest absolute Gasteiger partial charge is 0.349 e. The van der Waals surface area contributed by atoms with Gasteiger partial charge in [0.15, 0.2) is 0 Å². The molecule has 17 heavy (non-hydrogen) atoms. The van der Waals surface area contributed by atoms with Crippen LogP contribution in [0.3, 0.4) is 0 Å². The van der Waals surface area contributed by atoms with Crippen molar-refractivity contribution in [3.05, 3.63) is 29.3 Å². The fourth-order valence-electron chi connectivity index (χ4n) is 1.40. The average molecular weight is 270 g/mol. The molecule has 0 aliphatic rings. The molecule has 0 unspecified atom stereocenters. The van der Waals surface area contributed by atoms with Crippen LogP contribution in [-0.4, -0.2) is 16.6 Å². The Hall–Kier alpha value is -1.26. The van der Waals surface area contributed by atoms with Gasteiger partial charge in [-0.15, -0.1) is 0 Å². The Bertz CT molecular complexity index is 442. The highest BCUT2D eigenvalue weighted by Crippen LogP contribution is 2.15. The first-order valence-corrected chi connectivity index (χ1v) is 5.77. The summed E-state index contributed by atoms with van der Waals surface area (Å²) in [5.41, 5.74) is 0.701. The maximum absolute atomic E-state index is 11.3. The zero-order valence-electron chi connectivity index (χ0n) is 9.49. The van der Waals surface area contributed by atoms with E-state index < -0.39 is 5.92 Å². The van der Waals surface area contributed by atoms with Crippen LogP contribution in [0, 0.1) is 5.92 Å². The van der Waals surface area contributed by atoms with Crippen LogP contribution in [0.15, 0.2) is 24.3 Å². The van der Waals surface area contributed by atoms with Gasteiger partial charge in [0.1, 0.15) is 17.5 Å². The van der Waals surface area contributed by atoms with E-state index in [1.807, 2.05) is 0 Å². The molecule has 1 aromatic carbocycles. The summed E-state index contributed by atoms with van der Waals surface area (Å²) in [6, 6.07) is 6.85. The highest BCUT2D eigenvalue weighted by atomic mass is 35.5. The molecule has 0 heterocycles. The summed E-state index contributed by atoms with van der Waals surface area (Å²) in [5.74, 6) is -1.39. The van der Waals surface area contributed by atoms with Gasteiger partial charge in [-0.3, -0.25) is 9.59 Å². The predicted molar refractivity (Wildman–Crippen MR) is 72.5 cm³/mol. The normalized spacial score (nSPS) is 10.1. The van der Waals surface area contributed by atoms with Gasteiger partial charge < -0.3 is 5.32 Å². The number of carbonyl (C=O) groups excluding carboxylic acids is 2. The number of nitrogens with one attached hydrogen (secondary N) is 1. The Kier molecular flexibility index (Phi) is 4.78. The summed E-state index contributed by atoms with van der Waals surface area (Å²) >= 11 is 10.8. The molecule has 0 saturated heterocycles. The second-order valence-electron chi connectivity index (χ2n) is 3.65. The zero-order valence-corrected chi connectivity index (χ0v) is 11.1. The van der Waals surface area contributed by atoms with Crippen molar-refractivity contribution in [1.82, 2.24) is 0 Å². The Morgan fingerprint density at radius 3 is 2.06 bits per heavy atom. The summed E-state index contributed by atoms with van der Waals surface area (Å²) in [7, 11) is 0. The van der Waals surface area contributed by atoms with Crippen molar-refractivity contribution in [2.45, 2.75) is 13.8 Å². The minimum atomic E-state index is -0.874. The van der Waals surface area contributed by atoms with Crippen LogP contribution >= 0.6 is 23.8 Å². The quantitative estimate of drug-likeness (QED) is 0.674. The molecule has 90 valence electrons. The molecule has 0 radical (unpaired) electrons. The van der Waals surface area contributed by atoms with Gasteiger partial charge >= 0.3 is 0 Å². The third kappa shape index (κ3) is 3.91. The van der Waals surface area contributed by atoms with Crippen molar-refractivity contribution in [2.24, 2.45) is 5.92 Å². The second-order valence-corrected chi connectivity index (χ2v) is 4.53. The van der Waals surface area contributed by atoms with Gasteiger partial charge in [-0.05, 0) is 38.1 Å². The molecule has 0 aliphatic heterocycles. The van der Waals surface area contributed by atoms with Gasteiger partial charge in [-0.1, -0.05) is 23.8 Å². The second kappa shape index (κ2) is 5.89. The fourth-order valence-corrected chi connectivity index (χ4v) is 1.98. The number of thiocarbonyl (C=S) groups is 1. The van der Waals surface area contributed by atoms with Crippen LogP contribution in [-0.2, 0) is 9.59 Å². The van der Waals surface area contributed by atoms with Gasteiger partial charge in [0, 0.05) is 10.7 Å². The van der Waals surface area contributed by atoms with E-state index >= 15 is 0 Å². The van der Waals surface area contributed by atoms with E-state index in [-0.39, 0.29) is 16.6 Å². The first-order chi connectivity index (χ1) is 7.91. The lowest BCUT2D eigenvalue weighted by molar-refractivity contribution is -0.127. The van der Waals surface area contributed by atoms with Crippen LogP contribution < -0.4 is 5.32 Å². The SMILES string of the molecule is CC(=O)C(C(C)=O)C(=S)Nc1ccc(Cl)cc1. The highest BCUT2D eigenvalue weighted by molar-refractivity contribution is 7.80. The van der Waals surface area contributed by atoms with Gasteiger partial charge in [-0.2, -0.15) is 0 Å². The summed E-state index contributed by atoms with van der Waals surface area (Å²) in [4.78, 5) is 22.8.